The third-order valence-electron chi connectivity index (χ3n) is 11.7. The van der Waals surface area contributed by atoms with Crippen molar-refractivity contribution in [2.24, 2.45) is 11.3 Å². The van der Waals surface area contributed by atoms with Gasteiger partial charge in [-0.3, -0.25) is 0 Å². The van der Waals surface area contributed by atoms with Crippen LogP contribution < -0.4 is 28.1 Å². The molecule has 1 unspecified atom stereocenters. The van der Waals surface area contributed by atoms with Gasteiger partial charge in [0.2, 0.25) is 0 Å². The van der Waals surface area contributed by atoms with Crippen molar-refractivity contribution in [3.8, 4) is 11.1 Å². The van der Waals surface area contributed by atoms with Gasteiger partial charge in [0.15, 0.2) is 0 Å². The van der Waals surface area contributed by atoms with E-state index in [9.17, 15) is 0 Å². The molecule has 286 valence electrons. The van der Waals surface area contributed by atoms with Gasteiger partial charge in [-0.1, -0.05) is 0 Å². The van der Waals surface area contributed by atoms with Crippen LogP contribution in [0, 0.1) is 39.0 Å². The Kier molecular flexibility index (Phi) is 13.7. The van der Waals surface area contributed by atoms with Crippen LogP contribution >= 0.6 is 0 Å². The number of hydrogen-bond donors (Lipinski definition) is 0. The zero-order chi connectivity index (χ0) is 37.9. The summed E-state index contributed by atoms with van der Waals surface area (Å²) in [5.41, 5.74) is 19.3. The van der Waals surface area contributed by atoms with Crippen LogP contribution in [0.5, 0.6) is 0 Å². The van der Waals surface area contributed by atoms with Crippen molar-refractivity contribution >= 4 is 6.48 Å². The summed E-state index contributed by atoms with van der Waals surface area (Å²) in [5, 5.41) is 0. The molecular formula is C51H64Cl2Zr. The van der Waals surface area contributed by atoms with E-state index in [0.717, 1.165) is 6.42 Å². The summed E-state index contributed by atoms with van der Waals surface area (Å²) in [4.78, 5) is 0. The van der Waals surface area contributed by atoms with E-state index in [-0.39, 0.29) is 41.1 Å². The van der Waals surface area contributed by atoms with Crippen LogP contribution in [0.4, 0.5) is 0 Å². The first-order valence-corrected chi connectivity index (χ1v) is 23.6. The molecule has 0 spiro atoms. The summed E-state index contributed by atoms with van der Waals surface area (Å²) in [5.74, 6) is 0.487. The van der Waals surface area contributed by atoms with Gasteiger partial charge in [0.1, 0.15) is 0 Å². The Hall–Kier alpha value is -2.31. The number of fused-ring (bicyclic) bond motifs is 3. The summed E-state index contributed by atoms with van der Waals surface area (Å²) in [6, 6.07) is 26.9. The number of benzene rings is 4. The Morgan fingerprint density at radius 3 is 1.67 bits per heavy atom. The predicted molar refractivity (Wildman–Crippen MR) is 225 cm³/mol. The SMILES string of the molecule is CCCCC1C=C(C(C)(C)C)C=[C]1[Zr+2](=[C](c1ccc(C)cc1)c1ccc(C)cc1)[c]1c(C)c(C(C)(C)C)cc2c1Cc1cc(C)c(C(C)(C)C)cc1-2.[Cl-].[Cl-]. The molecule has 0 aromatic heterocycles. The number of aryl methyl sites for hydroxylation is 3. The maximum absolute atomic E-state index is 3.02. The third kappa shape index (κ3) is 8.80. The van der Waals surface area contributed by atoms with Gasteiger partial charge >= 0.3 is 327 Å². The van der Waals surface area contributed by atoms with Crippen molar-refractivity contribution in [2.45, 2.75) is 133 Å². The Labute approximate surface area is 349 Å². The average Bonchev–Trinajstić information content (AvgIpc) is 3.64. The molecule has 0 nitrogen and oxygen atoms in total. The molecule has 0 radical (unpaired) electrons. The summed E-state index contributed by atoms with van der Waals surface area (Å²) >= 11 is -3.02. The van der Waals surface area contributed by atoms with Crippen molar-refractivity contribution in [2.75, 3.05) is 0 Å². The molecule has 0 fully saturated rings. The normalized spacial score (nSPS) is 14.9. The third-order valence-corrected chi connectivity index (χ3v) is 19.9. The summed E-state index contributed by atoms with van der Waals surface area (Å²) < 4.78 is 5.15. The second-order valence-electron chi connectivity index (χ2n) is 19.2. The fourth-order valence-electron chi connectivity index (χ4n) is 8.87. The zero-order valence-electron chi connectivity index (χ0n) is 35.7. The molecule has 4 aromatic rings. The van der Waals surface area contributed by atoms with Gasteiger partial charge < -0.3 is 24.8 Å². The van der Waals surface area contributed by atoms with E-state index in [2.05, 4.69) is 176 Å². The molecule has 0 aliphatic heterocycles. The monoisotopic (exact) mass is 836 g/mol. The maximum atomic E-state index is 2.73. The first-order chi connectivity index (χ1) is 24.3. The Bertz CT molecular complexity index is 2050. The van der Waals surface area contributed by atoms with Crippen LogP contribution in [0.2, 0.25) is 0 Å². The van der Waals surface area contributed by atoms with Gasteiger partial charge in [0.05, 0.1) is 0 Å². The molecule has 0 heterocycles. The van der Waals surface area contributed by atoms with Crippen LogP contribution in [0.3, 0.4) is 0 Å². The second-order valence-corrected chi connectivity index (χ2v) is 24.9. The Balaban J connectivity index is 0.00000325. The van der Waals surface area contributed by atoms with Crippen LogP contribution in [-0.4, -0.2) is 3.21 Å². The molecule has 54 heavy (non-hydrogen) atoms. The molecule has 0 N–H and O–H groups in total. The molecule has 3 heteroatoms. The zero-order valence-corrected chi connectivity index (χ0v) is 39.6. The largest absolute Gasteiger partial charge is 1.00 e. The second kappa shape index (κ2) is 16.7. The standard InChI is InChI=1S/C23H29.C15H14.C13H21.2ClH.Zr/c1-14-9-16-11-17-10-15(2)21(23(6,7)8)13-19(17)18(16)12-20(14)22(3,4)5;1-12-3-7-14(8-4-12)11-15-9-5-13(2)6-10-15;1-5-6-7-11-8-9-12(10-11)13(2,3)4;;;/h9,12-13H,11H2,1-8H3;3-10H,1-2H3;9-11H,5-7H2,1-4H3;2*1H;/q;;;;;+2/p-2. The average molecular weight is 839 g/mol. The molecule has 2 aliphatic rings. The Morgan fingerprint density at radius 1 is 0.667 bits per heavy atom. The van der Waals surface area contributed by atoms with Gasteiger partial charge in [0, 0.05) is 0 Å². The molecule has 0 saturated carbocycles. The van der Waals surface area contributed by atoms with Crippen molar-refractivity contribution in [1.29, 1.82) is 0 Å². The number of halogens is 2. The van der Waals surface area contributed by atoms with Gasteiger partial charge in [0.25, 0.3) is 0 Å². The van der Waals surface area contributed by atoms with Crippen molar-refractivity contribution < 1.29 is 46.1 Å². The van der Waals surface area contributed by atoms with E-state index < -0.39 is 21.3 Å². The molecule has 1 atom stereocenters. The molecule has 4 aromatic carbocycles. The summed E-state index contributed by atoms with van der Waals surface area (Å²) in [6.45, 7) is 33.3. The smallest absolute Gasteiger partial charge is 1.00 e. The van der Waals surface area contributed by atoms with Gasteiger partial charge in [-0.15, -0.1) is 0 Å². The number of allylic oxidation sites excluding steroid dienone is 4. The molecular weight excluding hydrogens is 775 g/mol. The van der Waals surface area contributed by atoms with Crippen LogP contribution in [0.15, 0.2) is 87.7 Å². The summed E-state index contributed by atoms with van der Waals surface area (Å²) in [6.07, 6.45) is 10.2. The number of rotatable bonds is 7. The van der Waals surface area contributed by atoms with E-state index in [0.29, 0.717) is 5.92 Å². The fraction of sp³-hybridized carbons (Fsp3) is 0.431. The van der Waals surface area contributed by atoms with Crippen molar-refractivity contribution in [3.63, 3.8) is 0 Å². The van der Waals surface area contributed by atoms with Gasteiger partial charge in [-0.05, 0) is 0 Å². The van der Waals surface area contributed by atoms with Gasteiger partial charge in [-0.2, -0.15) is 0 Å². The van der Waals surface area contributed by atoms with Crippen LogP contribution in [0.1, 0.15) is 144 Å². The minimum absolute atomic E-state index is 0. The van der Waals surface area contributed by atoms with Gasteiger partial charge in [-0.25, -0.2) is 0 Å². The quantitative estimate of drug-likeness (QED) is 0.162. The molecule has 0 bridgehead atoms. The molecule has 2 aliphatic carbocycles. The van der Waals surface area contributed by atoms with E-state index in [4.69, 9.17) is 0 Å². The molecule has 6 rings (SSSR count). The van der Waals surface area contributed by atoms with Crippen LogP contribution in [-0.2, 0) is 38.5 Å². The summed E-state index contributed by atoms with van der Waals surface area (Å²) in [7, 11) is 0. The van der Waals surface area contributed by atoms with E-state index >= 15 is 0 Å². The van der Waals surface area contributed by atoms with E-state index in [1.807, 2.05) is 0 Å². The molecule has 0 saturated heterocycles. The van der Waals surface area contributed by atoms with Crippen LogP contribution in [0.25, 0.3) is 11.1 Å². The number of hydrogen-bond acceptors (Lipinski definition) is 0. The fourth-order valence-corrected chi connectivity index (χ4v) is 17.9. The molecule has 0 amide bonds. The van der Waals surface area contributed by atoms with E-state index in [1.165, 1.54) is 80.5 Å². The maximum Gasteiger partial charge on any atom is -1.00 e. The predicted octanol–water partition coefficient (Wildman–Crippen LogP) is 7.28. The topological polar surface area (TPSA) is 0 Å². The Morgan fingerprint density at radius 2 is 1.19 bits per heavy atom. The number of unbranched alkanes of at least 4 members (excludes halogenated alkanes) is 1. The van der Waals surface area contributed by atoms with Crippen molar-refractivity contribution in [1.82, 2.24) is 0 Å². The van der Waals surface area contributed by atoms with Crippen molar-refractivity contribution in [3.05, 3.63) is 143 Å². The first kappa shape index (κ1) is 44.4. The minimum atomic E-state index is -3.02. The van der Waals surface area contributed by atoms with E-state index in [1.54, 1.807) is 20.9 Å². The first-order valence-electron chi connectivity index (χ1n) is 19.9. The minimum Gasteiger partial charge on any atom is -1.00 e.